The van der Waals surface area contributed by atoms with E-state index in [9.17, 15) is 43.2 Å². The fourth-order valence-corrected chi connectivity index (χ4v) is 20.9. The van der Waals surface area contributed by atoms with Gasteiger partial charge in [-0.3, -0.25) is 0 Å². The maximum Gasteiger partial charge on any atom is 0.534 e. The third-order valence-electron chi connectivity index (χ3n) is 12.5. The summed E-state index contributed by atoms with van der Waals surface area (Å²) in [7, 11) is -16.8. The van der Waals surface area contributed by atoms with Crippen molar-refractivity contribution in [1.29, 1.82) is 0 Å². The van der Waals surface area contributed by atoms with Gasteiger partial charge in [0.2, 0.25) is 0 Å². The van der Waals surface area contributed by atoms with Crippen LogP contribution in [0.3, 0.4) is 0 Å². The van der Waals surface area contributed by atoms with Crippen LogP contribution >= 0.6 is 0 Å². The predicted octanol–water partition coefficient (Wildman–Crippen LogP) is 13.9. The molecule has 0 bridgehead atoms. The highest BCUT2D eigenvalue weighted by molar-refractivity contribution is 7.88. The molecule has 0 N–H and O–H groups in total. The van der Waals surface area contributed by atoms with Gasteiger partial charge < -0.3 is 8.37 Å². The van der Waals surface area contributed by atoms with Crippen LogP contribution < -0.4 is 8.37 Å². The van der Waals surface area contributed by atoms with Crippen molar-refractivity contribution in [2.75, 3.05) is 0 Å². The van der Waals surface area contributed by atoms with Crippen LogP contribution in [0.5, 0.6) is 11.5 Å². The van der Waals surface area contributed by atoms with Gasteiger partial charge in [0.05, 0.1) is 0 Å². The van der Waals surface area contributed by atoms with Crippen LogP contribution in [0.25, 0.3) is 43.1 Å². The second-order valence-electron chi connectivity index (χ2n) is 17.8. The lowest BCUT2D eigenvalue weighted by Gasteiger charge is -2.38. The summed E-state index contributed by atoms with van der Waals surface area (Å²) in [4.78, 5) is 0. The molecule has 334 valence electrons. The number of hydrogen-bond donors (Lipinski definition) is 0. The highest BCUT2D eigenvalue weighted by atomic mass is 32.2. The van der Waals surface area contributed by atoms with E-state index in [1.165, 1.54) is 24.3 Å². The molecule has 0 fully saturated rings. The summed E-state index contributed by atoms with van der Waals surface area (Å²) >= 11 is 0. The van der Waals surface area contributed by atoms with Crippen molar-refractivity contribution in [3.8, 4) is 34.4 Å². The second-order valence-corrected chi connectivity index (χ2v) is 32.1. The van der Waals surface area contributed by atoms with Gasteiger partial charge >= 0.3 is 31.3 Å². The summed E-state index contributed by atoms with van der Waals surface area (Å²) in [5.74, 6) is 6.13. The zero-order valence-electron chi connectivity index (χ0n) is 36.8. The molecule has 0 saturated heterocycles. The lowest BCUT2D eigenvalue weighted by atomic mass is 9.89. The van der Waals surface area contributed by atoms with Crippen LogP contribution in [-0.2, 0) is 20.2 Å². The Morgan fingerprint density at radius 3 is 0.935 bits per heavy atom. The number of fused-ring (bicyclic) bond motifs is 4. The smallest absolute Gasteiger partial charge is 0.376 e. The molecule has 0 heterocycles. The van der Waals surface area contributed by atoms with Gasteiger partial charge in [0.25, 0.3) is 0 Å². The van der Waals surface area contributed by atoms with Gasteiger partial charge in [-0.2, -0.15) is 43.2 Å². The average molecular weight is 935 g/mol. The zero-order chi connectivity index (χ0) is 46.7. The van der Waals surface area contributed by atoms with Gasteiger partial charge in [-0.1, -0.05) is 107 Å². The topological polar surface area (TPSA) is 86.7 Å². The average Bonchev–Trinajstić information content (AvgIpc) is 3.12. The van der Waals surface area contributed by atoms with E-state index in [0.717, 1.165) is 12.1 Å². The molecule has 0 spiro atoms. The summed E-state index contributed by atoms with van der Waals surface area (Å²) in [6.07, 6.45) is 0. The Morgan fingerprint density at radius 2 is 0.694 bits per heavy atom. The largest absolute Gasteiger partial charge is 0.534 e. The molecule has 0 aliphatic heterocycles. The second kappa shape index (κ2) is 17.1. The number of benzene rings is 5. The summed E-state index contributed by atoms with van der Waals surface area (Å²) in [5.41, 5.74) is -1.15. The first-order valence-electron chi connectivity index (χ1n) is 20.4. The van der Waals surface area contributed by atoms with Gasteiger partial charge in [-0.15, -0.1) is 11.1 Å². The zero-order valence-corrected chi connectivity index (χ0v) is 40.4. The number of alkyl halides is 6. The molecule has 5 aromatic rings. The van der Waals surface area contributed by atoms with Crippen molar-refractivity contribution in [1.82, 2.24) is 0 Å². The van der Waals surface area contributed by atoms with Crippen molar-refractivity contribution >= 4 is 79.5 Å². The first kappa shape index (κ1) is 48.8. The molecular weight excluding hydrogens is 883 g/mol. The first-order chi connectivity index (χ1) is 28.4. The molecule has 0 unspecified atom stereocenters. The van der Waals surface area contributed by atoms with E-state index in [4.69, 9.17) is 0 Å². The monoisotopic (exact) mass is 934 g/mol. The van der Waals surface area contributed by atoms with Crippen molar-refractivity contribution in [2.24, 2.45) is 0 Å². The Labute approximate surface area is 363 Å². The molecule has 62 heavy (non-hydrogen) atoms. The standard InChI is InChI=1S/C46H52F6O6S2Si2/c1-27(2)61(28(3)4,29(5)6)19-17-39-41-23-33-13-15-38(58-60(55,56)46(50,51)52)22-36(33)26-44(41)40(18-20-62(30(7)8,31(9)10)32(11)12)42-24-34-14-16-37(21-35(34)25-43(39)42)57-59(53,54)45(47,48)49/h13-16,21-32H,1-12H3. The van der Waals surface area contributed by atoms with Crippen LogP contribution in [0.4, 0.5) is 26.3 Å². The normalized spacial score (nSPS) is 13.5. The maximum absolute atomic E-state index is 13.4. The molecule has 6 nitrogen and oxygen atoms in total. The van der Waals surface area contributed by atoms with Crippen molar-refractivity contribution in [3.05, 3.63) is 71.8 Å². The van der Waals surface area contributed by atoms with E-state index in [-0.39, 0.29) is 33.2 Å². The lowest BCUT2D eigenvalue weighted by Crippen LogP contribution is -2.43. The van der Waals surface area contributed by atoms with E-state index < -0.39 is 58.9 Å². The molecule has 5 aromatic carbocycles. The third kappa shape index (κ3) is 8.82. The van der Waals surface area contributed by atoms with Gasteiger partial charge in [-0.25, -0.2) is 0 Å². The van der Waals surface area contributed by atoms with E-state index in [1.807, 2.05) is 12.1 Å². The number of halogens is 6. The lowest BCUT2D eigenvalue weighted by molar-refractivity contribution is -0.0504. The molecule has 0 aliphatic carbocycles. The highest BCUT2D eigenvalue weighted by Gasteiger charge is 2.49. The SMILES string of the molecule is CC(C)[Si](C#Cc1c2cc3ccc(OS(=O)(=O)C(F)(F)F)cc3cc2c(C#C[Si](C(C)C)(C(C)C)C(C)C)c2cc3ccc(OS(=O)(=O)C(F)(F)F)cc3cc12)(C(C)C)C(C)C. The molecule has 0 aliphatic rings. The minimum absolute atomic E-state index is 0.238. The predicted molar refractivity (Wildman–Crippen MR) is 244 cm³/mol. The van der Waals surface area contributed by atoms with Gasteiger partial charge in [-0.05, 0) is 125 Å². The van der Waals surface area contributed by atoms with Crippen LogP contribution in [0.15, 0.2) is 60.7 Å². The fourth-order valence-electron chi connectivity index (χ4n) is 9.60. The minimum Gasteiger partial charge on any atom is -0.376 e. The van der Waals surface area contributed by atoms with Gasteiger partial charge in [0.15, 0.2) is 0 Å². The highest BCUT2D eigenvalue weighted by Crippen LogP contribution is 2.44. The van der Waals surface area contributed by atoms with E-state index in [2.05, 4.69) is 114 Å². The Balaban J connectivity index is 2.04. The van der Waals surface area contributed by atoms with Crippen LogP contribution in [0.1, 0.15) is 94.2 Å². The molecule has 5 rings (SSSR count). The molecule has 0 atom stereocenters. The third-order valence-corrected chi connectivity index (χ3v) is 27.0. The van der Waals surface area contributed by atoms with Crippen molar-refractivity contribution in [3.63, 3.8) is 0 Å². The summed E-state index contributed by atoms with van der Waals surface area (Å²) in [6.45, 7) is 26.0. The molecule has 0 radical (unpaired) electrons. The number of rotatable bonds is 10. The minimum atomic E-state index is -5.97. The van der Waals surface area contributed by atoms with E-state index in [0.29, 0.717) is 54.2 Å². The molecule has 0 saturated carbocycles. The summed E-state index contributed by atoms with van der Waals surface area (Å²) in [6, 6.07) is 14.8. The van der Waals surface area contributed by atoms with Gasteiger partial charge in [0.1, 0.15) is 27.6 Å². The number of hydrogen-bond acceptors (Lipinski definition) is 6. The first-order valence-corrected chi connectivity index (χ1v) is 27.7. The molecule has 0 aromatic heterocycles. The van der Waals surface area contributed by atoms with Crippen molar-refractivity contribution < 1.29 is 51.5 Å². The Morgan fingerprint density at radius 1 is 0.435 bits per heavy atom. The van der Waals surface area contributed by atoms with Crippen LogP contribution in [-0.4, -0.2) is 44.0 Å². The quantitative estimate of drug-likeness (QED) is 0.0346. The molecule has 0 amide bonds. The Hall–Kier alpha value is -4.23. The molecular formula is C46H52F6O6S2Si2. The fraction of sp³-hybridized carbons (Fsp3) is 0.435. The molecule has 16 heteroatoms. The van der Waals surface area contributed by atoms with E-state index in [1.54, 1.807) is 12.1 Å². The maximum atomic E-state index is 13.4. The van der Waals surface area contributed by atoms with Crippen LogP contribution in [0, 0.1) is 22.9 Å². The van der Waals surface area contributed by atoms with E-state index >= 15 is 0 Å². The Bertz CT molecular complexity index is 2670. The van der Waals surface area contributed by atoms with Gasteiger partial charge in [0, 0.05) is 11.1 Å². The summed E-state index contributed by atoms with van der Waals surface area (Å²) < 4.78 is 137. The Kier molecular flexibility index (Phi) is 13.4. The summed E-state index contributed by atoms with van der Waals surface area (Å²) in [5, 5.41) is 4.26. The van der Waals surface area contributed by atoms with Crippen molar-refractivity contribution in [2.45, 2.75) is 127 Å². The van der Waals surface area contributed by atoms with Crippen LogP contribution in [0.2, 0.25) is 33.2 Å².